The van der Waals surface area contributed by atoms with Gasteiger partial charge in [0.25, 0.3) is 0 Å². The first-order valence-corrected chi connectivity index (χ1v) is 5.74. The van der Waals surface area contributed by atoms with Gasteiger partial charge < -0.3 is 19.8 Å². The highest BCUT2D eigenvalue weighted by Crippen LogP contribution is 2.30. The molecular formula is C13H17N3O2. The van der Waals surface area contributed by atoms with Crippen molar-refractivity contribution in [3.05, 3.63) is 42.0 Å². The quantitative estimate of drug-likeness (QED) is 0.816. The summed E-state index contributed by atoms with van der Waals surface area (Å²) in [7, 11) is 3.28. The first kappa shape index (κ1) is 12.4. The molecule has 0 fully saturated rings. The lowest BCUT2D eigenvalue weighted by Gasteiger charge is -2.12. The molecule has 2 aromatic rings. The van der Waals surface area contributed by atoms with Crippen LogP contribution >= 0.6 is 0 Å². The highest BCUT2D eigenvalue weighted by molar-refractivity contribution is 5.46. The zero-order valence-corrected chi connectivity index (χ0v) is 10.6. The van der Waals surface area contributed by atoms with E-state index >= 15 is 0 Å². The van der Waals surface area contributed by atoms with Crippen LogP contribution in [0.15, 0.2) is 30.6 Å². The third kappa shape index (κ3) is 2.81. The average Bonchev–Trinajstić information content (AvgIpc) is 2.91. The maximum atomic E-state index is 5.37. The Bertz CT molecular complexity index is 483. The van der Waals surface area contributed by atoms with Gasteiger partial charge in [-0.05, 0) is 6.07 Å². The summed E-state index contributed by atoms with van der Waals surface area (Å²) in [5, 5.41) is 3.30. The topological polar surface area (TPSA) is 59.2 Å². The van der Waals surface area contributed by atoms with E-state index in [2.05, 4.69) is 15.3 Å². The van der Waals surface area contributed by atoms with Gasteiger partial charge in [-0.3, -0.25) is 0 Å². The minimum absolute atomic E-state index is 0.688. The van der Waals surface area contributed by atoms with E-state index in [1.54, 1.807) is 20.4 Å². The first-order valence-electron chi connectivity index (χ1n) is 5.74. The summed E-state index contributed by atoms with van der Waals surface area (Å²) in [5.41, 5.74) is 1.06. The van der Waals surface area contributed by atoms with Crippen molar-refractivity contribution < 1.29 is 9.47 Å². The van der Waals surface area contributed by atoms with Gasteiger partial charge in [0.15, 0.2) is 11.5 Å². The van der Waals surface area contributed by atoms with Crippen LogP contribution in [0.3, 0.4) is 0 Å². The molecule has 2 N–H and O–H groups in total. The normalized spacial score (nSPS) is 10.3. The molecule has 0 bridgehead atoms. The van der Waals surface area contributed by atoms with Crippen LogP contribution in [0.1, 0.15) is 11.4 Å². The molecule has 1 aromatic carbocycles. The highest BCUT2D eigenvalue weighted by Gasteiger charge is 2.08. The Morgan fingerprint density at radius 2 is 2.11 bits per heavy atom. The fourth-order valence-electron chi connectivity index (χ4n) is 1.80. The van der Waals surface area contributed by atoms with E-state index in [4.69, 9.17) is 9.47 Å². The van der Waals surface area contributed by atoms with E-state index in [9.17, 15) is 0 Å². The van der Waals surface area contributed by atoms with E-state index in [0.717, 1.165) is 22.9 Å². The Labute approximate surface area is 106 Å². The number of nitrogens with one attached hydrogen (secondary N) is 2. The van der Waals surface area contributed by atoms with Crippen molar-refractivity contribution in [2.75, 3.05) is 14.2 Å². The Morgan fingerprint density at radius 3 is 2.78 bits per heavy atom. The summed E-state index contributed by atoms with van der Waals surface area (Å²) < 4.78 is 10.6. The second kappa shape index (κ2) is 6.07. The fourth-order valence-corrected chi connectivity index (χ4v) is 1.80. The van der Waals surface area contributed by atoms with Crippen LogP contribution in [0.25, 0.3) is 0 Å². The molecular weight excluding hydrogens is 230 g/mol. The number of rotatable bonds is 6. The molecule has 0 saturated carbocycles. The highest BCUT2D eigenvalue weighted by atomic mass is 16.5. The summed E-state index contributed by atoms with van der Waals surface area (Å²) in [6.07, 6.45) is 3.55. The first-order chi connectivity index (χ1) is 8.85. The molecule has 1 heterocycles. The van der Waals surface area contributed by atoms with Crippen molar-refractivity contribution in [1.29, 1.82) is 0 Å². The molecule has 1 aromatic heterocycles. The van der Waals surface area contributed by atoms with Gasteiger partial charge >= 0.3 is 0 Å². The molecule has 5 heteroatoms. The maximum absolute atomic E-state index is 5.37. The molecule has 96 valence electrons. The van der Waals surface area contributed by atoms with Crippen LogP contribution in [0, 0.1) is 0 Å². The minimum Gasteiger partial charge on any atom is -0.493 e. The summed E-state index contributed by atoms with van der Waals surface area (Å²) in [6.45, 7) is 1.38. The van der Waals surface area contributed by atoms with Gasteiger partial charge in [0, 0.05) is 24.5 Å². The smallest absolute Gasteiger partial charge is 0.165 e. The fraction of sp³-hybridized carbons (Fsp3) is 0.308. The van der Waals surface area contributed by atoms with Crippen molar-refractivity contribution in [2.24, 2.45) is 0 Å². The predicted octanol–water partition coefficient (Wildman–Crippen LogP) is 1.72. The number of benzene rings is 1. The van der Waals surface area contributed by atoms with Crippen LogP contribution in [-0.2, 0) is 13.1 Å². The summed E-state index contributed by atoms with van der Waals surface area (Å²) in [6, 6.07) is 5.84. The van der Waals surface area contributed by atoms with Crippen molar-refractivity contribution >= 4 is 0 Å². The number of nitrogens with zero attached hydrogens (tertiary/aromatic N) is 1. The molecule has 0 aliphatic heterocycles. The van der Waals surface area contributed by atoms with Crippen LogP contribution in [0.2, 0.25) is 0 Å². The number of para-hydroxylation sites is 1. The zero-order chi connectivity index (χ0) is 12.8. The Kier molecular flexibility index (Phi) is 4.20. The number of hydrogen-bond donors (Lipinski definition) is 2. The van der Waals surface area contributed by atoms with Gasteiger partial charge in [-0.25, -0.2) is 4.98 Å². The van der Waals surface area contributed by atoms with Crippen LogP contribution in [0.4, 0.5) is 0 Å². The standard InChI is InChI=1S/C13H17N3O2/c1-17-11-5-3-4-10(13(11)18-2)8-14-9-12-15-6-7-16-12/h3-7,14H,8-9H2,1-2H3,(H,15,16). The number of imidazole rings is 1. The SMILES string of the molecule is COc1cccc(CNCc2ncc[nH]2)c1OC. The van der Waals surface area contributed by atoms with Gasteiger partial charge in [-0.1, -0.05) is 12.1 Å². The third-order valence-corrected chi connectivity index (χ3v) is 2.65. The zero-order valence-electron chi connectivity index (χ0n) is 10.6. The minimum atomic E-state index is 0.688. The lowest BCUT2D eigenvalue weighted by molar-refractivity contribution is 0.350. The van der Waals surface area contributed by atoms with Crippen molar-refractivity contribution in [2.45, 2.75) is 13.1 Å². The van der Waals surface area contributed by atoms with Gasteiger partial charge in [-0.15, -0.1) is 0 Å². The lowest BCUT2D eigenvalue weighted by Crippen LogP contribution is -2.14. The molecule has 0 saturated heterocycles. The van der Waals surface area contributed by atoms with Crippen molar-refractivity contribution in [3.63, 3.8) is 0 Å². The molecule has 0 amide bonds. The molecule has 0 aliphatic carbocycles. The Hall–Kier alpha value is -2.01. The second-order valence-electron chi connectivity index (χ2n) is 3.79. The molecule has 2 rings (SSSR count). The van der Waals surface area contributed by atoms with Gasteiger partial charge in [-0.2, -0.15) is 0 Å². The van der Waals surface area contributed by atoms with Crippen LogP contribution in [0.5, 0.6) is 11.5 Å². The maximum Gasteiger partial charge on any atom is 0.165 e. The molecule has 5 nitrogen and oxygen atoms in total. The van der Waals surface area contributed by atoms with Gasteiger partial charge in [0.1, 0.15) is 5.82 Å². The van der Waals surface area contributed by atoms with Gasteiger partial charge in [0.05, 0.1) is 20.8 Å². The molecule has 18 heavy (non-hydrogen) atoms. The summed E-state index contributed by atoms with van der Waals surface area (Å²) >= 11 is 0. The number of ether oxygens (including phenoxy) is 2. The molecule has 0 spiro atoms. The van der Waals surface area contributed by atoms with E-state index in [0.29, 0.717) is 13.1 Å². The largest absolute Gasteiger partial charge is 0.493 e. The average molecular weight is 247 g/mol. The monoisotopic (exact) mass is 247 g/mol. The van der Waals surface area contributed by atoms with E-state index in [-0.39, 0.29) is 0 Å². The number of aromatic amines is 1. The van der Waals surface area contributed by atoms with Crippen LogP contribution in [-0.4, -0.2) is 24.2 Å². The van der Waals surface area contributed by atoms with Crippen LogP contribution < -0.4 is 14.8 Å². The molecule has 0 atom stereocenters. The summed E-state index contributed by atoms with van der Waals surface area (Å²) in [4.78, 5) is 7.19. The van der Waals surface area contributed by atoms with E-state index in [1.807, 2.05) is 24.4 Å². The predicted molar refractivity (Wildman–Crippen MR) is 68.7 cm³/mol. The van der Waals surface area contributed by atoms with E-state index in [1.165, 1.54) is 0 Å². The summed E-state index contributed by atoms with van der Waals surface area (Å²) in [5.74, 6) is 2.43. The third-order valence-electron chi connectivity index (χ3n) is 2.65. The molecule has 0 radical (unpaired) electrons. The second-order valence-corrected chi connectivity index (χ2v) is 3.79. The van der Waals surface area contributed by atoms with E-state index < -0.39 is 0 Å². The number of hydrogen-bond acceptors (Lipinski definition) is 4. The number of aromatic nitrogens is 2. The lowest BCUT2D eigenvalue weighted by atomic mass is 10.2. The molecule has 0 unspecified atom stereocenters. The molecule has 0 aliphatic rings. The number of H-pyrrole nitrogens is 1. The van der Waals surface area contributed by atoms with Gasteiger partial charge in [0.2, 0.25) is 0 Å². The van der Waals surface area contributed by atoms with Crippen molar-refractivity contribution in [1.82, 2.24) is 15.3 Å². The number of methoxy groups -OCH3 is 2. The Morgan fingerprint density at radius 1 is 1.22 bits per heavy atom. The Balaban J connectivity index is 2.00. The van der Waals surface area contributed by atoms with Crippen molar-refractivity contribution in [3.8, 4) is 11.5 Å².